The molecule has 108 valence electrons. The van der Waals surface area contributed by atoms with Gasteiger partial charge in [0.05, 0.1) is 21.8 Å². The average molecular weight is 298 g/mol. The number of benzene rings is 2. The van der Waals surface area contributed by atoms with Gasteiger partial charge in [-0.15, -0.1) is 11.3 Å². The molecule has 21 heavy (non-hydrogen) atoms. The Morgan fingerprint density at radius 2 is 1.86 bits per heavy atom. The van der Waals surface area contributed by atoms with Crippen molar-refractivity contribution in [3.05, 3.63) is 58.6 Å². The van der Waals surface area contributed by atoms with Gasteiger partial charge >= 0.3 is 0 Å². The number of methoxy groups -OCH3 is 1. The number of aromatic nitrogens is 1. The number of ether oxygens (including phenoxy) is 1. The molecule has 0 radical (unpaired) electrons. The van der Waals surface area contributed by atoms with E-state index in [-0.39, 0.29) is 0 Å². The Morgan fingerprint density at radius 1 is 1.10 bits per heavy atom. The number of thiazole rings is 1. The van der Waals surface area contributed by atoms with Crippen molar-refractivity contribution in [3.8, 4) is 0 Å². The van der Waals surface area contributed by atoms with E-state index in [0.717, 1.165) is 22.8 Å². The van der Waals surface area contributed by atoms with Gasteiger partial charge < -0.3 is 10.1 Å². The number of aryl methyl sites for hydroxylation is 1. The first kappa shape index (κ1) is 14.0. The largest absolute Gasteiger partial charge is 0.381 e. The summed E-state index contributed by atoms with van der Waals surface area (Å²) in [4.78, 5) is 4.48. The maximum atomic E-state index is 5.12. The summed E-state index contributed by atoms with van der Waals surface area (Å²) >= 11 is 1.73. The summed E-state index contributed by atoms with van der Waals surface area (Å²) in [5.74, 6) is 0. The van der Waals surface area contributed by atoms with E-state index in [4.69, 9.17) is 4.74 Å². The molecule has 3 rings (SSSR count). The number of rotatable bonds is 5. The van der Waals surface area contributed by atoms with Crippen LogP contribution in [0.5, 0.6) is 0 Å². The van der Waals surface area contributed by atoms with Crippen LogP contribution in [0.4, 0.5) is 5.69 Å². The molecule has 1 N–H and O–H groups in total. The molecule has 0 spiro atoms. The van der Waals surface area contributed by atoms with Crippen LogP contribution in [0.25, 0.3) is 10.2 Å². The second-order valence-electron chi connectivity index (χ2n) is 5.02. The van der Waals surface area contributed by atoms with Crippen LogP contribution in [0.15, 0.2) is 42.5 Å². The molecule has 0 amide bonds. The molecule has 0 fully saturated rings. The molecule has 3 aromatic rings. The molecule has 2 aromatic carbocycles. The fourth-order valence-corrected chi connectivity index (χ4v) is 3.14. The van der Waals surface area contributed by atoms with E-state index in [2.05, 4.69) is 52.8 Å². The van der Waals surface area contributed by atoms with E-state index in [9.17, 15) is 0 Å². The molecular formula is C17H18N2OS. The predicted octanol–water partition coefficient (Wildman–Crippen LogP) is 4.36. The van der Waals surface area contributed by atoms with E-state index in [1.165, 1.54) is 15.8 Å². The lowest BCUT2D eigenvalue weighted by Gasteiger charge is -2.07. The molecule has 1 aromatic heterocycles. The smallest absolute Gasteiger partial charge is 0.0907 e. The van der Waals surface area contributed by atoms with Crippen LogP contribution in [-0.2, 0) is 17.9 Å². The van der Waals surface area contributed by atoms with Gasteiger partial charge in [0.25, 0.3) is 0 Å². The number of anilines is 1. The molecule has 0 aliphatic carbocycles. The Bertz CT molecular complexity index is 734. The van der Waals surface area contributed by atoms with E-state index >= 15 is 0 Å². The van der Waals surface area contributed by atoms with Crippen molar-refractivity contribution in [2.24, 2.45) is 0 Å². The Labute approximate surface area is 128 Å². The first-order chi connectivity index (χ1) is 10.2. The summed E-state index contributed by atoms with van der Waals surface area (Å²) in [7, 11) is 1.72. The zero-order chi connectivity index (χ0) is 14.7. The van der Waals surface area contributed by atoms with Gasteiger partial charge in [-0.2, -0.15) is 0 Å². The lowest BCUT2D eigenvalue weighted by atomic mass is 10.1. The fourth-order valence-electron chi connectivity index (χ4n) is 2.27. The average Bonchev–Trinajstić information content (AvgIpc) is 2.86. The standard InChI is InChI=1S/C17H18N2OS/c1-12-19-16-8-7-15(9-17(16)21-12)18-10-13-3-5-14(6-4-13)11-20-2/h3-9,18H,10-11H2,1-2H3. The maximum absolute atomic E-state index is 5.12. The second kappa shape index (κ2) is 6.24. The first-order valence-corrected chi connectivity index (χ1v) is 7.74. The lowest BCUT2D eigenvalue weighted by Crippen LogP contribution is -1.99. The van der Waals surface area contributed by atoms with Crippen LogP contribution in [0, 0.1) is 6.92 Å². The van der Waals surface area contributed by atoms with E-state index in [1.807, 2.05) is 6.92 Å². The maximum Gasteiger partial charge on any atom is 0.0907 e. The van der Waals surface area contributed by atoms with Crippen molar-refractivity contribution in [2.75, 3.05) is 12.4 Å². The van der Waals surface area contributed by atoms with Gasteiger partial charge in [0, 0.05) is 19.3 Å². The molecule has 0 saturated carbocycles. The normalized spacial score (nSPS) is 11.0. The van der Waals surface area contributed by atoms with Gasteiger partial charge in [0.1, 0.15) is 0 Å². The summed E-state index contributed by atoms with van der Waals surface area (Å²) in [6.07, 6.45) is 0. The monoisotopic (exact) mass is 298 g/mol. The Morgan fingerprint density at radius 3 is 2.62 bits per heavy atom. The third-order valence-electron chi connectivity index (χ3n) is 3.33. The molecule has 0 atom stereocenters. The van der Waals surface area contributed by atoms with Gasteiger partial charge in [-0.1, -0.05) is 24.3 Å². The number of hydrogen-bond donors (Lipinski definition) is 1. The van der Waals surface area contributed by atoms with Crippen LogP contribution in [0.1, 0.15) is 16.1 Å². The molecule has 0 saturated heterocycles. The van der Waals surface area contributed by atoms with Gasteiger partial charge in [-0.25, -0.2) is 4.98 Å². The van der Waals surface area contributed by atoms with Crippen molar-refractivity contribution in [3.63, 3.8) is 0 Å². The van der Waals surface area contributed by atoms with Gasteiger partial charge in [0.15, 0.2) is 0 Å². The fraction of sp³-hybridized carbons (Fsp3) is 0.235. The quantitative estimate of drug-likeness (QED) is 0.760. The minimum atomic E-state index is 0.662. The zero-order valence-electron chi connectivity index (χ0n) is 12.2. The molecular weight excluding hydrogens is 280 g/mol. The molecule has 0 aliphatic rings. The van der Waals surface area contributed by atoms with Crippen molar-refractivity contribution in [2.45, 2.75) is 20.1 Å². The molecule has 0 unspecified atom stereocenters. The Balaban J connectivity index is 1.67. The minimum Gasteiger partial charge on any atom is -0.381 e. The number of nitrogens with zero attached hydrogens (tertiary/aromatic N) is 1. The molecule has 4 heteroatoms. The molecule has 1 heterocycles. The van der Waals surface area contributed by atoms with Gasteiger partial charge in [-0.3, -0.25) is 0 Å². The van der Waals surface area contributed by atoms with Crippen molar-refractivity contribution in [1.29, 1.82) is 0 Å². The number of nitrogens with one attached hydrogen (secondary N) is 1. The van der Waals surface area contributed by atoms with E-state index in [1.54, 1.807) is 18.4 Å². The van der Waals surface area contributed by atoms with E-state index in [0.29, 0.717) is 6.61 Å². The SMILES string of the molecule is COCc1ccc(CNc2ccc3nc(C)sc3c2)cc1. The Kier molecular flexibility index (Phi) is 4.18. The van der Waals surface area contributed by atoms with Crippen LogP contribution in [-0.4, -0.2) is 12.1 Å². The van der Waals surface area contributed by atoms with Gasteiger partial charge in [-0.05, 0) is 36.2 Å². The third-order valence-corrected chi connectivity index (χ3v) is 4.26. The van der Waals surface area contributed by atoms with Crippen LogP contribution >= 0.6 is 11.3 Å². The van der Waals surface area contributed by atoms with Crippen molar-refractivity contribution in [1.82, 2.24) is 4.98 Å². The highest BCUT2D eigenvalue weighted by Gasteiger charge is 2.02. The third kappa shape index (κ3) is 3.40. The van der Waals surface area contributed by atoms with Crippen molar-refractivity contribution >= 4 is 27.2 Å². The molecule has 0 bridgehead atoms. The summed E-state index contributed by atoms with van der Waals surface area (Å²) in [6, 6.07) is 14.8. The highest BCUT2D eigenvalue weighted by molar-refractivity contribution is 7.18. The highest BCUT2D eigenvalue weighted by atomic mass is 32.1. The number of hydrogen-bond acceptors (Lipinski definition) is 4. The van der Waals surface area contributed by atoms with Crippen LogP contribution in [0.2, 0.25) is 0 Å². The molecule has 3 nitrogen and oxygen atoms in total. The minimum absolute atomic E-state index is 0.662. The zero-order valence-corrected chi connectivity index (χ0v) is 13.0. The predicted molar refractivity (Wildman–Crippen MR) is 88.8 cm³/mol. The van der Waals surface area contributed by atoms with Crippen molar-refractivity contribution < 1.29 is 4.74 Å². The van der Waals surface area contributed by atoms with Gasteiger partial charge in [0.2, 0.25) is 0 Å². The van der Waals surface area contributed by atoms with Crippen LogP contribution < -0.4 is 5.32 Å². The molecule has 0 aliphatic heterocycles. The number of fused-ring (bicyclic) bond motifs is 1. The summed E-state index contributed by atoms with van der Waals surface area (Å²) in [5, 5.41) is 4.57. The summed E-state index contributed by atoms with van der Waals surface area (Å²) < 4.78 is 6.35. The topological polar surface area (TPSA) is 34.1 Å². The summed E-state index contributed by atoms with van der Waals surface area (Å²) in [5.41, 5.74) is 4.66. The van der Waals surface area contributed by atoms with Crippen LogP contribution in [0.3, 0.4) is 0 Å². The Hall–Kier alpha value is -1.91. The summed E-state index contributed by atoms with van der Waals surface area (Å²) in [6.45, 7) is 3.52. The lowest BCUT2D eigenvalue weighted by molar-refractivity contribution is 0.185. The van der Waals surface area contributed by atoms with E-state index < -0.39 is 0 Å². The first-order valence-electron chi connectivity index (χ1n) is 6.92. The second-order valence-corrected chi connectivity index (χ2v) is 6.25. The highest BCUT2D eigenvalue weighted by Crippen LogP contribution is 2.25.